The molecule has 0 aliphatic carbocycles. The van der Waals surface area contributed by atoms with Crippen LogP contribution in [0.5, 0.6) is 0 Å². The molecule has 0 aromatic heterocycles. The number of halogens is 1. The number of nitrogens with one attached hydrogen (secondary N) is 2. The van der Waals surface area contributed by atoms with Gasteiger partial charge in [-0.3, -0.25) is 0 Å². The second kappa shape index (κ2) is 8.90. The van der Waals surface area contributed by atoms with Gasteiger partial charge in [0.1, 0.15) is 26.2 Å². The van der Waals surface area contributed by atoms with Gasteiger partial charge < -0.3 is 9.80 Å². The van der Waals surface area contributed by atoms with E-state index in [9.17, 15) is 0 Å². The molecule has 0 bridgehead atoms. The molecule has 0 saturated carbocycles. The lowest BCUT2D eigenvalue weighted by Gasteiger charge is -2.28. The Bertz CT molecular complexity index is 422. The van der Waals surface area contributed by atoms with Crippen molar-refractivity contribution in [2.75, 3.05) is 39.8 Å². The number of quaternary nitrogens is 2. The Kier molecular flexibility index (Phi) is 7.20. The molecular weight excluding hydrogens is 292 g/mol. The fourth-order valence-electron chi connectivity index (χ4n) is 3.41. The van der Waals surface area contributed by atoms with E-state index in [1.54, 1.807) is 9.80 Å². The van der Waals surface area contributed by atoms with Gasteiger partial charge in [-0.2, -0.15) is 0 Å². The van der Waals surface area contributed by atoms with Crippen LogP contribution >= 0.6 is 11.6 Å². The van der Waals surface area contributed by atoms with Crippen molar-refractivity contribution in [3.8, 4) is 0 Å². The van der Waals surface area contributed by atoms with Gasteiger partial charge in [0.05, 0.1) is 13.6 Å². The predicted octanol–water partition coefficient (Wildman–Crippen LogP) is 1.66. The van der Waals surface area contributed by atoms with Crippen molar-refractivity contribution in [1.82, 2.24) is 0 Å². The summed E-state index contributed by atoms with van der Waals surface area (Å²) in [5.74, 6) is 1.48. The van der Waals surface area contributed by atoms with Crippen molar-refractivity contribution >= 4 is 11.6 Å². The maximum atomic E-state index is 6.05. The molecule has 0 unspecified atom stereocenters. The molecule has 1 aromatic carbocycles. The van der Waals surface area contributed by atoms with Gasteiger partial charge in [-0.25, -0.2) is 0 Å². The van der Waals surface area contributed by atoms with Crippen LogP contribution in [0.25, 0.3) is 0 Å². The molecular formula is C19H33ClN2+2. The van der Waals surface area contributed by atoms with Crippen molar-refractivity contribution in [2.24, 2.45) is 5.92 Å². The molecule has 2 N–H and O–H groups in total. The summed E-state index contributed by atoms with van der Waals surface area (Å²) < 4.78 is 0. The summed E-state index contributed by atoms with van der Waals surface area (Å²) in [6.07, 6.45) is 3.93. The maximum absolute atomic E-state index is 6.05. The first-order chi connectivity index (χ1) is 10.5. The second-order valence-electron chi connectivity index (χ2n) is 7.47. The van der Waals surface area contributed by atoms with Gasteiger partial charge in [-0.1, -0.05) is 44.0 Å². The predicted molar refractivity (Wildman–Crippen MR) is 95.1 cm³/mol. The Morgan fingerprint density at radius 1 is 0.955 bits per heavy atom. The van der Waals surface area contributed by atoms with Crippen LogP contribution in [0.4, 0.5) is 0 Å². The minimum atomic E-state index is 0.694. The third-order valence-corrected chi connectivity index (χ3v) is 5.34. The third kappa shape index (κ3) is 5.91. The van der Waals surface area contributed by atoms with E-state index in [1.165, 1.54) is 57.5 Å². The highest BCUT2D eigenvalue weighted by molar-refractivity contribution is 6.30. The van der Waals surface area contributed by atoms with Crippen LogP contribution in [0, 0.1) is 5.92 Å². The zero-order valence-corrected chi connectivity index (χ0v) is 15.3. The van der Waals surface area contributed by atoms with E-state index in [0.29, 0.717) is 5.92 Å². The molecule has 1 aromatic rings. The lowest BCUT2D eigenvalue weighted by atomic mass is 9.88. The molecule has 1 saturated heterocycles. The Morgan fingerprint density at radius 3 is 2.18 bits per heavy atom. The van der Waals surface area contributed by atoms with Gasteiger partial charge in [-0.05, 0) is 36.0 Å². The lowest BCUT2D eigenvalue weighted by Crippen LogP contribution is -3.27. The van der Waals surface area contributed by atoms with Gasteiger partial charge in [0.2, 0.25) is 0 Å². The molecule has 0 amide bonds. The molecule has 1 atom stereocenters. The number of hydrogen-bond donors (Lipinski definition) is 2. The highest BCUT2D eigenvalue weighted by atomic mass is 35.5. The summed E-state index contributed by atoms with van der Waals surface area (Å²) >= 11 is 6.05. The average molecular weight is 325 g/mol. The van der Waals surface area contributed by atoms with Crippen molar-refractivity contribution in [1.29, 1.82) is 0 Å². The quantitative estimate of drug-likeness (QED) is 0.755. The summed E-state index contributed by atoms with van der Waals surface area (Å²) in [6.45, 7) is 11.3. The van der Waals surface area contributed by atoms with Crippen LogP contribution in [0.3, 0.4) is 0 Å². The molecule has 0 spiro atoms. The van der Waals surface area contributed by atoms with Crippen LogP contribution in [0.15, 0.2) is 24.3 Å². The largest absolute Gasteiger partial charge is 0.328 e. The molecule has 22 heavy (non-hydrogen) atoms. The van der Waals surface area contributed by atoms with Gasteiger partial charge in [0.15, 0.2) is 0 Å². The van der Waals surface area contributed by atoms with Gasteiger partial charge in [0.25, 0.3) is 0 Å². The monoisotopic (exact) mass is 324 g/mol. The molecule has 2 rings (SSSR count). The van der Waals surface area contributed by atoms with E-state index in [4.69, 9.17) is 11.6 Å². The van der Waals surface area contributed by atoms with Crippen molar-refractivity contribution in [3.63, 3.8) is 0 Å². The standard InChI is InChI=1S/C19H31ClN2/c1-16(2)4-5-18(17-6-8-19(20)9-7-17)10-11-22-14-12-21(3)13-15-22/h6-9,16,18H,4-5,10-15H2,1-3H3/p+2/t18-/m1/s1. The van der Waals surface area contributed by atoms with Gasteiger partial charge >= 0.3 is 0 Å². The summed E-state index contributed by atoms with van der Waals surface area (Å²) in [4.78, 5) is 3.49. The minimum absolute atomic E-state index is 0.694. The minimum Gasteiger partial charge on any atom is -0.328 e. The Morgan fingerprint density at radius 2 is 1.59 bits per heavy atom. The molecule has 3 heteroatoms. The van der Waals surface area contributed by atoms with Crippen LogP contribution in [0.1, 0.15) is 44.6 Å². The highest BCUT2D eigenvalue weighted by Gasteiger charge is 2.21. The Balaban J connectivity index is 1.90. The van der Waals surface area contributed by atoms with Crippen molar-refractivity contribution in [3.05, 3.63) is 34.9 Å². The topological polar surface area (TPSA) is 8.88 Å². The Labute approximate surface area is 141 Å². The molecule has 1 aliphatic rings. The first kappa shape index (κ1) is 17.8. The van der Waals surface area contributed by atoms with E-state index < -0.39 is 0 Å². The molecule has 0 radical (unpaired) electrons. The van der Waals surface area contributed by atoms with E-state index in [1.807, 2.05) is 12.1 Å². The van der Waals surface area contributed by atoms with E-state index in [2.05, 4.69) is 33.0 Å². The SMILES string of the molecule is CC(C)CC[C@H](CC[NH+]1CC[NH+](C)CC1)c1ccc(Cl)cc1. The fraction of sp³-hybridized carbons (Fsp3) is 0.684. The lowest BCUT2D eigenvalue weighted by molar-refractivity contribution is -1.00. The highest BCUT2D eigenvalue weighted by Crippen LogP contribution is 2.27. The van der Waals surface area contributed by atoms with Crippen molar-refractivity contribution < 1.29 is 9.80 Å². The molecule has 1 heterocycles. The first-order valence-corrected chi connectivity index (χ1v) is 9.32. The zero-order valence-electron chi connectivity index (χ0n) is 14.5. The van der Waals surface area contributed by atoms with E-state index in [0.717, 1.165) is 10.9 Å². The molecule has 2 nitrogen and oxygen atoms in total. The van der Waals surface area contributed by atoms with Crippen LogP contribution in [-0.2, 0) is 0 Å². The van der Waals surface area contributed by atoms with Crippen LogP contribution < -0.4 is 9.80 Å². The van der Waals surface area contributed by atoms with E-state index in [-0.39, 0.29) is 0 Å². The smallest absolute Gasteiger partial charge is 0.127 e. The average Bonchev–Trinajstić information content (AvgIpc) is 2.50. The van der Waals surface area contributed by atoms with Crippen LogP contribution in [0.2, 0.25) is 5.02 Å². The first-order valence-electron chi connectivity index (χ1n) is 8.95. The number of hydrogen-bond acceptors (Lipinski definition) is 0. The summed E-state index contributed by atoms with van der Waals surface area (Å²) in [5, 5.41) is 0.846. The summed E-state index contributed by atoms with van der Waals surface area (Å²) in [6, 6.07) is 8.56. The second-order valence-corrected chi connectivity index (χ2v) is 7.90. The zero-order chi connectivity index (χ0) is 15.9. The third-order valence-electron chi connectivity index (χ3n) is 5.09. The fourth-order valence-corrected chi connectivity index (χ4v) is 3.53. The van der Waals surface area contributed by atoms with Crippen molar-refractivity contribution in [2.45, 2.75) is 39.0 Å². The normalized spacial score (nSPS) is 23.7. The number of benzene rings is 1. The van der Waals surface area contributed by atoms with Gasteiger partial charge in [-0.15, -0.1) is 0 Å². The molecule has 1 fully saturated rings. The molecule has 1 aliphatic heterocycles. The van der Waals surface area contributed by atoms with Gasteiger partial charge in [0, 0.05) is 11.4 Å². The van der Waals surface area contributed by atoms with Crippen LogP contribution in [-0.4, -0.2) is 39.8 Å². The number of rotatable bonds is 7. The number of likely N-dealkylation sites (N-methyl/N-ethyl adjacent to an activating group) is 1. The van der Waals surface area contributed by atoms with E-state index >= 15 is 0 Å². The summed E-state index contributed by atoms with van der Waals surface area (Å²) in [5.41, 5.74) is 1.48. The molecule has 124 valence electrons. The Hall–Kier alpha value is -0.570. The summed E-state index contributed by atoms with van der Waals surface area (Å²) in [7, 11) is 2.32. The maximum Gasteiger partial charge on any atom is 0.127 e. The number of piperazine rings is 1.